The van der Waals surface area contributed by atoms with Crippen LogP contribution in [0.4, 0.5) is 0 Å². The molecule has 0 saturated heterocycles. The van der Waals surface area contributed by atoms with Crippen LogP contribution in [0.1, 0.15) is 19.8 Å². The second-order valence-electron chi connectivity index (χ2n) is 3.08. The Balaban J connectivity index is 2.08. The van der Waals surface area contributed by atoms with Gasteiger partial charge in [-0.2, -0.15) is 5.10 Å². The molecule has 1 aromatic rings. The second-order valence-corrected chi connectivity index (χ2v) is 4.17. The number of carbonyl (C=O) groups is 1. The fourth-order valence-electron chi connectivity index (χ4n) is 0.964. The average Bonchev–Trinajstić information content (AvgIpc) is 2.64. The highest BCUT2D eigenvalue weighted by Crippen LogP contribution is 2.15. The van der Waals surface area contributed by atoms with Crippen molar-refractivity contribution >= 4 is 17.7 Å². The van der Waals surface area contributed by atoms with Crippen LogP contribution in [0, 0.1) is 5.92 Å². The molecule has 0 bridgehead atoms. The fraction of sp³-hybridized carbons (Fsp3) is 0.625. The fourth-order valence-corrected chi connectivity index (χ4v) is 1.71. The molecule has 0 aliphatic rings. The number of H-pyrrole nitrogens is 1. The molecular formula is C8H14N4OS. The summed E-state index contributed by atoms with van der Waals surface area (Å²) in [6.07, 6.45) is 3.26. The summed E-state index contributed by atoms with van der Waals surface area (Å²) >= 11 is 1.60. The first-order valence-corrected chi connectivity index (χ1v) is 5.46. The lowest BCUT2D eigenvalue weighted by molar-refractivity contribution is -0.121. The van der Waals surface area contributed by atoms with Gasteiger partial charge in [0.15, 0.2) is 5.16 Å². The summed E-state index contributed by atoms with van der Waals surface area (Å²) in [5.41, 5.74) is 5.14. The predicted octanol–water partition coefficient (Wildman–Crippen LogP) is 0.798. The molecule has 1 rings (SSSR count). The Morgan fingerprint density at radius 2 is 2.57 bits per heavy atom. The van der Waals surface area contributed by atoms with Crippen molar-refractivity contribution in [3.8, 4) is 0 Å². The van der Waals surface area contributed by atoms with Gasteiger partial charge in [0, 0.05) is 11.7 Å². The number of primary amides is 1. The molecule has 3 N–H and O–H groups in total. The molecule has 0 spiro atoms. The molecule has 1 aromatic heterocycles. The summed E-state index contributed by atoms with van der Waals surface area (Å²) < 4.78 is 0. The lowest BCUT2D eigenvalue weighted by atomic mass is 10.1. The zero-order valence-corrected chi connectivity index (χ0v) is 8.88. The lowest BCUT2D eigenvalue weighted by Crippen LogP contribution is -2.20. The van der Waals surface area contributed by atoms with E-state index in [0.717, 1.165) is 23.8 Å². The van der Waals surface area contributed by atoms with Gasteiger partial charge in [0.1, 0.15) is 6.33 Å². The van der Waals surface area contributed by atoms with Crippen molar-refractivity contribution in [1.82, 2.24) is 15.2 Å². The number of carbonyl (C=O) groups excluding carboxylic acids is 1. The number of hydrogen-bond acceptors (Lipinski definition) is 4. The van der Waals surface area contributed by atoms with E-state index in [9.17, 15) is 4.79 Å². The molecule has 0 saturated carbocycles. The number of thioether (sulfide) groups is 1. The highest BCUT2D eigenvalue weighted by atomic mass is 32.2. The molecule has 6 heteroatoms. The number of aromatic amines is 1. The highest BCUT2D eigenvalue weighted by molar-refractivity contribution is 7.99. The van der Waals surface area contributed by atoms with Crippen molar-refractivity contribution in [2.75, 3.05) is 5.75 Å². The Labute approximate surface area is 86.9 Å². The maximum absolute atomic E-state index is 10.7. The Morgan fingerprint density at radius 1 is 1.79 bits per heavy atom. The quantitative estimate of drug-likeness (QED) is 0.542. The van der Waals surface area contributed by atoms with Gasteiger partial charge in [-0.3, -0.25) is 9.89 Å². The number of rotatable bonds is 6. The summed E-state index contributed by atoms with van der Waals surface area (Å²) in [6, 6.07) is 0. The zero-order valence-electron chi connectivity index (χ0n) is 8.06. The summed E-state index contributed by atoms with van der Waals surface area (Å²) in [6.45, 7) is 1.85. The van der Waals surface area contributed by atoms with E-state index < -0.39 is 0 Å². The van der Waals surface area contributed by atoms with Gasteiger partial charge in [0.05, 0.1) is 0 Å². The smallest absolute Gasteiger partial charge is 0.220 e. The summed E-state index contributed by atoms with van der Waals surface area (Å²) in [5.74, 6) is 0.660. The van der Waals surface area contributed by atoms with Gasteiger partial charge in [-0.05, 0) is 12.8 Å². The van der Waals surface area contributed by atoms with Crippen LogP contribution >= 0.6 is 11.8 Å². The van der Waals surface area contributed by atoms with Crippen molar-refractivity contribution < 1.29 is 4.79 Å². The zero-order chi connectivity index (χ0) is 10.4. The minimum Gasteiger partial charge on any atom is -0.369 e. The van der Waals surface area contributed by atoms with Crippen molar-refractivity contribution in [1.29, 1.82) is 0 Å². The van der Waals surface area contributed by atoms with Crippen LogP contribution in [0.5, 0.6) is 0 Å². The third-order valence-corrected chi connectivity index (χ3v) is 2.86. The lowest BCUT2D eigenvalue weighted by Gasteiger charge is -2.04. The number of aromatic nitrogens is 3. The minimum absolute atomic E-state index is 0.0367. The van der Waals surface area contributed by atoms with Crippen LogP contribution in [0.15, 0.2) is 11.5 Å². The van der Waals surface area contributed by atoms with E-state index in [4.69, 9.17) is 5.73 Å². The van der Waals surface area contributed by atoms with E-state index in [0.29, 0.717) is 0 Å². The molecule has 14 heavy (non-hydrogen) atoms. The Bertz CT molecular complexity index is 275. The van der Waals surface area contributed by atoms with Crippen LogP contribution in [0.25, 0.3) is 0 Å². The molecule has 1 amide bonds. The topological polar surface area (TPSA) is 84.7 Å². The second kappa shape index (κ2) is 5.64. The Morgan fingerprint density at radius 3 is 3.14 bits per heavy atom. The molecule has 0 aromatic carbocycles. The molecule has 1 atom stereocenters. The monoisotopic (exact) mass is 214 g/mol. The number of nitrogens with zero attached hydrogens (tertiary/aromatic N) is 2. The van der Waals surface area contributed by atoms with Gasteiger partial charge in [-0.25, -0.2) is 4.98 Å². The molecular weight excluding hydrogens is 200 g/mol. The van der Waals surface area contributed by atoms with E-state index in [1.165, 1.54) is 6.33 Å². The molecule has 0 radical (unpaired) electrons. The third-order valence-electron chi connectivity index (χ3n) is 1.90. The van der Waals surface area contributed by atoms with Gasteiger partial charge in [-0.1, -0.05) is 18.7 Å². The van der Waals surface area contributed by atoms with Crippen LogP contribution in [-0.2, 0) is 4.79 Å². The molecule has 0 aliphatic carbocycles. The normalized spacial score (nSPS) is 12.6. The number of amides is 1. The van der Waals surface area contributed by atoms with Gasteiger partial charge < -0.3 is 5.73 Å². The SMILES string of the molecule is C[C@@H](CCCSc1ncn[nH]1)C(N)=O. The van der Waals surface area contributed by atoms with E-state index in [-0.39, 0.29) is 11.8 Å². The van der Waals surface area contributed by atoms with Crippen LogP contribution in [-0.4, -0.2) is 26.8 Å². The predicted molar refractivity (Wildman–Crippen MR) is 54.7 cm³/mol. The van der Waals surface area contributed by atoms with E-state index in [2.05, 4.69) is 15.2 Å². The summed E-state index contributed by atoms with van der Waals surface area (Å²) in [5, 5.41) is 7.31. The molecule has 5 nitrogen and oxygen atoms in total. The first-order valence-electron chi connectivity index (χ1n) is 4.47. The average molecular weight is 214 g/mol. The first kappa shape index (κ1) is 11.0. The molecule has 0 unspecified atom stereocenters. The van der Waals surface area contributed by atoms with Crippen LogP contribution in [0.2, 0.25) is 0 Å². The Kier molecular flexibility index (Phi) is 4.45. The molecule has 0 aliphatic heterocycles. The largest absolute Gasteiger partial charge is 0.369 e. The minimum atomic E-state index is -0.227. The van der Waals surface area contributed by atoms with Crippen molar-refractivity contribution in [2.24, 2.45) is 11.7 Å². The molecule has 78 valence electrons. The van der Waals surface area contributed by atoms with Gasteiger partial charge >= 0.3 is 0 Å². The molecule has 1 heterocycles. The van der Waals surface area contributed by atoms with E-state index >= 15 is 0 Å². The van der Waals surface area contributed by atoms with Crippen molar-refractivity contribution in [3.63, 3.8) is 0 Å². The highest BCUT2D eigenvalue weighted by Gasteiger charge is 2.07. The van der Waals surface area contributed by atoms with Crippen molar-refractivity contribution in [3.05, 3.63) is 6.33 Å². The van der Waals surface area contributed by atoms with Gasteiger partial charge in [-0.15, -0.1) is 0 Å². The first-order chi connectivity index (χ1) is 6.70. The maximum atomic E-state index is 10.7. The van der Waals surface area contributed by atoms with Crippen LogP contribution < -0.4 is 5.73 Å². The van der Waals surface area contributed by atoms with E-state index in [1.807, 2.05) is 6.92 Å². The van der Waals surface area contributed by atoms with Gasteiger partial charge in [0.2, 0.25) is 5.91 Å². The maximum Gasteiger partial charge on any atom is 0.220 e. The third kappa shape index (κ3) is 3.78. The van der Waals surface area contributed by atoms with Gasteiger partial charge in [0.25, 0.3) is 0 Å². The standard InChI is InChI=1S/C8H14N4OS/c1-6(7(9)13)3-2-4-14-8-10-5-11-12-8/h5-6H,2-4H2,1H3,(H2,9,13)(H,10,11,12)/t6-/m0/s1. The summed E-state index contributed by atoms with van der Waals surface area (Å²) in [4.78, 5) is 14.7. The molecule has 0 fully saturated rings. The number of nitrogens with two attached hydrogens (primary N) is 1. The van der Waals surface area contributed by atoms with Crippen LogP contribution in [0.3, 0.4) is 0 Å². The van der Waals surface area contributed by atoms with Crippen molar-refractivity contribution in [2.45, 2.75) is 24.9 Å². The number of nitrogens with one attached hydrogen (secondary N) is 1. The van der Waals surface area contributed by atoms with E-state index in [1.54, 1.807) is 11.8 Å². The number of hydrogen-bond donors (Lipinski definition) is 2. The summed E-state index contributed by atoms with van der Waals surface area (Å²) in [7, 11) is 0. The Hall–Kier alpha value is -1.04.